The largest absolute Gasteiger partial charge is 0.346 e. The Labute approximate surface area is 123 Å². The van der Waals surface area contributed by atoms with Gasteiger partial charge >= 0.3 is 6.03 Å². The van der Waals surface area contributed by atoms with Crippen LogP contribution < -0.4 is 15.5 Å². The molecule has 20 heavy (non-hydrogen) atoms. The van der Waals surface area contributed by atoms with Gasteiger partial charge in [0.05, 0.1) is 0 Å². The summed E-state index contributed by atoms with van der Waals surface area (Å²) in [7, 11) is 0. The summed E-state index contributed by atoms with van der Waals surface area (Å²) in [6.07, 6.45) is 8.88. The van der Waals surface area contributed by atoms with Gasteiger partial charge in [0.15, 0.2) is 5.13 Å². The summed E-state index contributed by atoms with van der Waals surface area (Å²) in [6.45, 7) is 1.84. The third-order valence-corrected chi connectivity index (χ3v) is 4.99. The summed E-state index contributed by atoms with van der Waals surface area (Å²) in [4.78, 5) is 18.6. The molecule has 1 aliphatic carbocycles. The van der Waals surface area contributed by atoms with Crippen molar-refractivity contribution in [2.24, 2.45) is 0 Å². The van der Waals surface area contributed by atoms with Gasteiger partial charge in [-0.3, -0.25) is 0 Å². The number of carbonyl (C=O) groups is 1. The second-order valence-electron chi connectivity index (χ2n) is 5.70. The maximum Gasteiger partial charge on any atom is 0.315 e. The molecular formula is C14H22N4OS. The van der Waals surface area contributed by atoms with Gasteiger partial charge < -0.3 is 15.5 Å². The van der Waals surface area contributed by atoms with Gasteiger partial charge in [-0.2, -0.15) is 0 Å². The number of hydrogen-bond acceptors (Lipinski definition) is 4. The monoisotopic (exact) mass is 294 g/mol. The van der Waals surface area contributed by atoms with E-state index in [0.717, 1.165) is 37.5 Å². The molecule has 1 saturated heterocycles. The van der Waals surface area contributed by atoms with E-state index in [9.17, 15) is 4.79 Å². The van der Waals surface area contributed by atoms with Crippen molar-refractivity contribution in [3.8, 4) is 0 Å². The molecule has 0 radical (unpaired) electrons. The van der Waals surface area contributed by atoms with Gasteiger partial charge in [-0.1, -0.05) is 19.3 Å². The summed E-state index contributed by atoms with van der Waals surface area (Å²) in [5.74, 6) is 0. The number of rotatable bonds is 3. The Morgan fingerprint density at radius 3 is 2.75 bits per heavy atom. The summed E-state index contributed by atoms with van der Waals surface area (Å²) >= 11 is 1.66. The molecule has 1 aromatic heterocycles. The van der Waals surface area contributed by atoms with E-state index in [1.165, 1.54) is 19.3 Å². The van der Waals surface area contributed by atoms with E-state index in [4.69, 9.17) is 0 Å². The number of nitrogens with one attached hydrogen (secondary N) is 2. The number of anilines is 1. The Morgan fingerprint density at radius 2 is 2.00 bits per heavy atom. The van der Waals surface area contributed by atoms with Crippen LogP contribution in [0.5, 0.6) is 0 Å². The smallest absolute Gasteiger partial charge is 0.315 e. The topological polar surface area (TPSA) is 57.3 Å². The van der Waals surface area contributed by atoms with Crippen LogP contribution in [0.25, 0.3) is 0 Å². The van der Waals surface area contributed by atoms with Gasteiger partial charge in [0.2, 0.25) is 0 Å². The van der Waals surface area contributed by atoms with E-state index in [1.54, 1.807) is 11.3 Å². The third-order valence-electron chi connectivity index (χ3n) is 4.15. The number of amides is 2. The van der Waals surface area contributed by atoms with Crippen molar-refractivity contribution in [1.29, 1.82) is 0 Å². The van der Waals surface area contributed by atoms with Crippen LogP contribution in [-0.2, 0) is 0 Å². The lowest BCUT2D eigenvalue weighted by Crippen LogP contribution is -2.47. The van der Waals surface area contributed by atoms with E-state index in [0.29, 0.717) is 6.04 Å². The SMILES string of the molecule is O=C(NC1CCCCC1)N[C@@H]1CCN(c2nccs2)C1. The lowest BCUT2D eigenvalue weighted by atomic mass is 9.96. The van der Waals surface area contributed by atoms with Crippen molar-refractivity contribution in [1.82, 2.24) is 15.6 Å². The Kier molecular flexibility index (Phi) is 4.40. The van der Waals surface area contributed by atoms with Gasteiger partial charge in [0.25, 0.3) is 0 Å². The van der Waals surface area contributed by atoms with Crippen molar-refractivity contribution in [3.63, 3.8) is 0 Å². The first kappa shape index (κ1) is 13.7. The average molecular weight is 294 g/mol. The van der Waals surface area contributed by atoms with E-state index in [2.05, 4.69) is 20.5 Å². The van der Waals surface area contributed by atoms with Crippen LogP contribution in [0, 0.1) is 0 Å². The zero-order valence-electron chi connectivity index (χ0n) is 11.7. The fourth-order valence-corrected chi connectivity index (χ4v) is 3.76. The van der Waals surface area contributed by atoms with E-state index < -0.39 is 0 Å². The molecule has 110 valence electrons. The van der Waals surface area contributed by atoms with Crippen LogP contribution in [0.15, 0.2) is 11.6 Å². The van der Waals surface area contributed by atoms with Crippen LogP contribution in [0.1, 0.15) is 38.5 Å². The van der Waals surface area contributed by atoms with E-state index >= 15 is 0 Å². The highest BCUT2D eigenvalue weighted by Crippen LogP contribution is 2.22. The summed E-state index contributed by atoms with van der Waals surface area (Å²) in [5, 5.41) is 9.27. The van der Waals surface area contributed by atoms with Gasteiger partial charge in [0.1, 0.15) is 0 Å². The summed E-state index contributed by atoms with van der Waals surface area (Å²) in [5.41, 5.74) is 0. The third kappa shape index (κ3) is 3.42. The lowest BCUT2D eigenvalue weighted by Gasteiger charge is -2.24. The van der Waals surface area contributed by atoms with Crippen LogP contribution in [0.3, 0.4) is 0 Å². The van der Waals surface area contributed by atoms with Gasteiger partial charge in [-0.05, 0) is 19.3 Å². The summed E-state index contributed by atoms with van der Waals surface area (Å²) in [6, 6.07) is 0.616. The maximum absolute atomic E-state index is 12.0. The van der Waals surface area contributed by atoms with Crippen LogP contribution in [0.4, 0.5) is 9.93 Å². The number of urea groups is 1. The Balaban J connectivity index is 1.43. The minimum atomic E-state index is 0.00267. The summed E-state index contributed by atoms with van der Waals surface area (Å²) < 4.78 is 0. The molecule has 2 heterocycles. The van der Waals surface area contributed by atoms with Gasteiger partial charge in [-0.25, -0.2) is 9.78 Å². The lowest BCUT2D eigenvalue weighted by molar-refractivity contribution is 0.229. The first-order valence-electron chi connectivity index (χ1n) is 7.53. The second kappa shape index (κ2) is 6.43. The van der Waals surface area contributed by atoms with Crippen molar-refractivity contribution in [3.05, 3.63) is 11.6 Å². The predicted octanol–water partition coefficient (Wildman–Crippen LogP) is 2.35. The molecule has 1 saturated carbocycles. The molecule has 2 fully saturated rings. The molecular weight excluding hydrogens is 272 g/mol. The minimum Gasteiger partial charge on any atom is -0.346 e. The Hall–Kier alpha value is -1.30. The van der Waals surface area contributed by atoms with Crippen molar-refractivity contribution >= 4 is 22.5 Å². The zero-order valence-corrected chi connectivity index (χ0v) is 12.5. The van der Waals surface area contributed by atoms with Crippen molar-refractivity contribution in [2.45, 2.75) is 50.6 Å². The molecule has 2 N–H and O–H groups in total. The molecule has 1 atom stereocenters. The van der Waals surface area contributed by atoms with Gasteiger partial charge in [-0.15, -0.1) is 11.3 Å². The van der Waals surface area contributed by atoms with E-state index in [-0.39, 0.29) is 12.1 Å². The molecule has 0 unspecified atom stereocenters. The molecule has 2 aliphatic rings. The first-order chi connectivity index (χ1) is 9.81. The Bertz CT molecular complexity index is 430. The maximum atomic E-state index is 12.0. The molecule has 2 amide bonds. The van der Waals surface area contributed by atoms with E-state index in [1.807, 2.05) is 11.6 Å². The normalized spacial score (nSPS) is 23.8. The van der Waals surface area contributed by atoms with Crippen LogP contribution in [0.2, 0.25) is 0 Å². The van der Waals surface area contributed by atoms with Crippen molar-refractivity contribution < 1.29 is 4.79 Å². The molecule has 1 aliphatic heterocycles. The first-order valence-corrected chi connectivity index (χ1v) is 8.41. The standard InChI is InChI=1S/C14H22N4OS/c19-13(16-11-4-2-1-3-5-11)17-12-6-8-18(10-12)14-15-7-9-20-14/h7,9,11-12H,1-6,8,10H2,(H2,16,17,19)/t12-/m1/s1. The van der Waals surface area contributed by atoms with Crippen LogP contribution in [-0.4, -0.2) is 36.2 Å². The van der Waals surface area contributed by atoms with Crippen LogP contribution >= 0.6 is 11.3 Å². The highest BCUT2D eigenvalue weighted by Gasteiger charge is 2.26. The number of carbonyl (C=O) groups excluding carboxylic acids is 1. The highest BCUT2D eigenvalue weighted by atomic mass is 32.1. The number of hydrogen-bond donors (Lipinski definition) is 2. The van der Waals surface area contributed by atoms with Gasteiger partial charge in [0, 0.05) is 36.8 Å². The quantitative estimate of drug-likeness (QED) is 0.899. The molecule has 6 heteroatoms. The fourth-order valence-electron chi connectivity index (χ4n) is 3.08. The Morgan fingerprint density at radius 1 is 1.20 bits per heavy atom. The number of nitrogens with zero attached hydrogens (tertiary/aromatic N) is 2. The molecule has 0 bridgehead atoms. The molecule has 1 aromatic rings. The molecule has 0 aromatic carbocycles. The zero-order chi connectivity index (χ0) is 13.8. The predicted molar refractivity (Wildman–Crippen MR) is 81.3 cm³/mol. The minimum absolute atomic E-state index is 0.00267. The van der Waals surface area contributed by atoms with Crippen molar-refractivity contribution in [2.75, 3.05) is 18.0 Å². The highest BCUT2D eigenvalue weighted by molar-refractivity contribution is 7.13. The molecule has 0 spiro atoms. The number of aromatic nitrogens is 1. The molecule has 5 nitrogen and oxygen atoms in total. The second-order valence-corrected chi connectivity index (χ2v) is 6.57. The average Bonchev–Trinajstić information content (AvgIpc) is 3.10. The fraction of sp³-hybridized carbons (Fsp3) is 0.714. The molecule has 3 rings (SSSR count). The number of thiazole rings is 1.